The summed E-state index contributed by atoms with van der Waals surface area (Å²) in [6.45, 7) is 0. The summed E-state index contributed by atoms with van der Waals surface area (Å²) in [5, 5.41) is 1.42. The standard InChI is InChI=1S/C20H15ClN2OS2/c1-23-19(24)18-16(11-17(26-18)14-7-3-2-4-8-14)22-20(23)25-12-13-6-5-9-15(21)10-13/h2-11H,12H2,1H3. The summed E-state index contributed by atoms with van der Waals surface area (Å²) in [6, 6.07) is 19.8. The molecule has 0 atom stereocenters. The van der Waals surface area contributed by atoms with E-state index in [0.29, 0.717) is 20.6 Å². The van der Waals surface area contributed by atoms with Crippen molar-refractivity contribution in [2.24, 2.45) is 7.05 Å². The maximum atomic E-state index is 12.8. The highest BCUT2D eigenvalue weighted by Crippen LogP contribution is 2.32. The van der Waals surface area contributed by atoms with E-state index < -0.39 is 0 Å². The van der Waals surface area contributed by atoms with Gasteiger partial charge in [0.05, 0.1) is 5.52 Å². The van der Waals surface area contributed by atoms with Gasteiger partial charge in [0.15, 0.2) is 5.16 Å². The van der Waals surface area contributed by atoms with Crippen LogP contribution in [0.5, 0.6) is 0 Å². The zero-order valence-electron chi connectivity index (χ0n) is 14.0. The molecule has 0 fully saturated rings. The summed E-state index contributed by atoms with van der Waals surface area (Å²) >= 11 is 9.08. The van der Waals surface area contributed by atoms with Gasteiger partial charge < -0.3 is 0 Å². The van der Waals surface area contributed by atoms with Crippen molar-refractivity contribution >= 4 is 44.9 Å². The van der Waals surface area contributed by atoms with E-state index in [4.69, 9.17) is 16.6 Å². The lowest BCUT2D eigenvalue weighted by Gasteiger charge is -2.07. The van der Waals surface area contributed by atoms with E-state index in [2.05, 4.69) is 0 Å². The van der Waals surface area contributed by atoms with Crippen LogP contribution < -0.4 is 5.56 Å². The van der Waals surface area contributed by atoms with E-state index in [1.807, 2.05) is 60.7 Å². The van der Waals surface area contributed by atoms with Gasteiger partial charge in [-0.15, -0.1) is 11.3 Å². The molecule has 2 aromatic carbocycles. The number of nitrogens with zero attached hydrogens (tertiary/aromatic N) is 2. The van der Waals surface area contributed by atoms with Crippen LogP contribution in [0.25, 0.3) is 20.7 Å². The van der Waals surface area contributed by atoms with Gasteiger partial charge in [0.2, 0.25) is 0 Å². The number of hydrogen-bond acceptors (Lipinski definition) is 4. The Morgan fingerprint density at radius 1 is 1.12 bits per heavy atom. The number of hydrogen-bond donors (Lipinski definition) is 0. The number of thioether (sulfide) groups is 1. The first-order chi connectivity index (χ1) is 12.6. The molecule has 0 aliphatic carbocycles. The normalized spacial score (nSPS) is 11.2. The molecule has 0 N–H and O–H groups in total. The minimum atomic E-state index is -0.00391. The molecule has 0 bridgehead atoms. The second kappa shape index (κ2) is 7.27. The van der Waals surface area contributed by atoms with Crippen molar-refractivity contribution < 1.29 is 0 Å². The lowest BCUT2D eigenvalue weighted by Crippen LogP contribution is -2.18. The number of halogens is 1. The molecule has 130 valence electrons. The maximum absolute atomic E-state index is 12.8. The van der Waals surface area contributed by atoms with Crippen molar-refractivity contribution in [1.29, 1.82) is 0 Å². The molecular weight excluding hydrogens is 384 g/mol. The predicted molar refractivity (Wildman–Crippen MR) is 111 cm³/mol. The molecule has 0 amide bonds. The van der Waals surface area contributed by atoms with Gasteiger partial charge in [0.1, 0.15) is 4.70 Å². The zero-order chi connectivity index (χ0) is 18.1. The maximum Gasteiger partial charge on any atom is 0.271 e. The van der Waals surface area contributed by atoms with Crippen LogP contribution in [0.3, 0.4) is 0 Å². The second-order valence-electron chi connectivity index (χ2n) is 5.87. The molecule has 2 heterocycles. The fourth-order valence-corrected chi connectivity index (χ4v) is 4.89. The van der Waals surface area contributed by atoms with E-state index in [9.17, 15) is 4.79 Å². The fourth-order valence-electron chi connectivity index (χ4n) is 2.68. The van der Waals surface area contributed by atoms with E-state index in [1.165, 1.54) is 11.3 Å². The van der Waals surface area contributed by atoms with Crippen LogP contribution in [-0.4, -0.2) is 9.55 Å². The number of thiophene rings is 1. The van der Waals surface area contributed by atoms with Crippen LogP contribution in [-0.2, 0) is 12.8 Å². The molecule has 6 heteroatoms. The average molecular weight is 399 g/mol. The Balaban J connectivity index is 1.70. The topological polar surface area (TPSA) is 34.9 Å². The smallest absolute Gasteiger partial charge is 0.271 e. The molecule has 4 rings (SSSR count). The summed E-state index contributed by atoms with van der Waals surface area (Å²) in [7, 11) is 1.77. The van der Waals surface area contributed by atoms with E-state index in [0.717, 1.165) is 21.5 Å². The first kappa shape index (κ1) is 17.3. The Morgan fingerprint density at radius 2 is 1.92 bits per heavy atom. The summed E-state index contributed by atoms with van der Waals surface area (Å²) in [5.41, 5.74) is 2.96. The van der Waals surface area contributed by atoms with Crippen LogP contribution in [0.4, 0.5) is 0 Å². The van der Waals surface area contributed by atoms with Crippen molar-refractivity contribution in [2.45, 2.75) is 10.9 Å². The third-order valence-electron chi connectivity index (χ3n) is 4.03. The fraction of sp³-hybridized carbons (Fsp3) is 0.100. The zero-order valence-corrected chi connectivity index (χ0v) is 16.4. The second-order valence-corrected chi connectivity index (χ2v) is 8.30. The number of fused-ring (bicyclic) bond motifs is 1. The highest BCUT2D eigenvalue weighted by Gasteiger charge is 2.13. The molecule has 0 aliphatic rings. The Morgan fingerprint density at radius 3 is 2.69 bits per heavy atom. The van der Waals surface area contributed by atoms with Crippen molar-refractivity contribution in [3.05, 3.63) is 81.6 Å². The van der Waals surface area contributed by atoms with Gasteiger partial charge in [0, 0.05) is 22.7 Å². The van der Waals surface area contributed by atoms with Crippen LogP contribution in [0.2, 0.25) is 5.02 Å². The minimum absolute atomic E-state index is 0.00391. The molecule has 0 aliphatic heterocycles. The number of benzene rings is 2. The first-order valence-electron chi connectivity index (χ1n) is 8.05. The van der Waals surface area contributed by atoms with E-state index in [-0.39, 0.29) is 5.56 Å². The summed E-state index contributed by atoms with van der Waals surface area (Å²) in [4.78, 5) is 18.5. The minimum Gasteiger partial charge on any atom is -0.290 e. The highest BCUT2D eigenvalue weighted by atomic mass is 35.5. The number of aromatic nitrogens is 2. The summed E-state index contributed by atoms with van der Waals surface area (Å²) in [6.07, 6.45) is 0. The predicted octanol–water partition coefficient (Wildman–Crippen LogP) is 5.61. The average Bonchev–Trinajstić information content (AvgIpc) is 3.09. The Bertz CT molecular complexity index is 1140. The molecule has 3 nitrogen and oxygen atoms in total. The third-order valence-corrected chi connectivity index (χ3v) is 6.53. The van der Waals surface area contributed by atoms with Gasteiger partial charge >= 0.3 is 0 Å². The quantitative estimate of drug-likeness (QED) is 0.331. The molecule has 4 aromatic rings. The van der Waals surface area contributed by atoms with Crippen LogP contribution in [0, 0.1) is 0 Å². The SMILES string of the molecule is Cn1c(SCc2cccc(Cl)c2)nc2cc(-c3ccccc3)sc2c1=O. The molecule has 0 spiro atoms. The van der Waals surface area contributed by atoms with Gasteiger partial charge in [-0.2, -0.15) is 0 Å². The van der Waals surface area contributed by atoms with Crippen molar-refractivity contribution in [1.82, 2.24) is 9.55 Å². The van der Waals surface area contributed by atoms with Gasteiger partial charge in [-0.3, -0.25) is 9.36 Å². The number of rotatable bonds is 4. The van der Waals surface area contributed by atoms with Gasteiger partial charge in [-0.1, -0.05) is 65.8 Å². The molecule has 0 unspecified atom stereocenters. The largest absolute Gasteiger partial charge is 0.290 e. The van der Waals surface area contributed by atoms with Crippen molar-refractivity contribution in [2.75, 3.05) is 0 Å². The van der Waals surface area contributed by atoms with Gasteiger partial charge in [0.25, 0.3) is 5.56 Å². The van der Waals surface area contributed by atoms with E-state index in [1.54, 1.807) is 23.4 Å². The van der Waals surface area contributed by atoms with Gasteiger partial charge in [-0.05, 0) is 29.3 Å². The first-order valence-corrected chi connectivity index (χ1v) is 10.2. The lowest BCUT2D eigenvalue weighted by atomic mass is 10.2. The Labute approximate surface area is 164 Å². The summed E-state index contributed by atoms with van der Waals surface area (Å²) < 4.78 is 2.32. The third kappa shape index (κ3) is 3.43. The lowest BCUT2D eigenvalue weighted by molar-refractivity contribution is 0.728. The highest BCUT2D eigenvalue weighted by molar-refractivity contribution is 7.98. The van der Waals surface area contributed by atoms with Crippen molar-refractivity contribution in [3.8, 4) is 10.4 Å². The molecule has 0 saturated carbocycles. The summed E-state index contributed by atoms with van der Waals surface area (Å²) in [5.74, 6) is 0.710. The van der Waals surface area contributed by atoms with E-state index >= 15 is 0 Å². The molecule has 0 saturated heterocycles. The Hall–Kier alpha value is -2.08. The monoisotopic (exact) mass is 398 g/mol. The molecule has 26 heavy (non-hydrogen) atoms. The van der Waals surface area contributed by atoms with Crippen LogP contribution >= 0.6 is 34.7 Å². The molecule has 0 radical (unpaired) electrons. The van der Waals surface area contributed by atoms with Crippen LogP contribution in [0.1, 0.15) is 5.56 Å². The molecule has 2 aromatic heterocycles. The van der Waals surface area contributed by atoms with Crippen molar-refractivity contribution in [3.63, 3.8) is 0 Å². The van der Waals surface area contributed by atoms with Crippen LogP contribution in [0.15, 0.2) is 70.6 Å². The molecular formula is C20H15ClN2OS2. The van der Waals surface area contributed by atoms with Gasteiger partial charge in [-0.25, -0.2) is 4.98 Å². The Kier molecular flexibility index (Phi) is 4.85.